The van der Waals surface area contributed by atoms with Gasteiger partial charge < -0.3 is 10.1 Å². The summed E-state index contributed by atoms with van der Waals surface area (Å²) in [6.45, 7) is -0.205. The van der Waals surface area contributed by atoms with Gasteiger partial charge in [-0.1, -0.05) is 23.8 Å². The summed E-state index contributed by atoms with van der Waals surface area (Å²) in [6.07, 6.45) is 6.45. The Bertz CT molecular complexity index is 1190. The van der Waals surface area contributed by atoms with E-state index in [4.69, 9.17) is 16.3 Å². The van der Waals surface area contributed by atoms with Gasteiger partial charge in [0, 0.05) is 10.7 Å². The van der Waals surface area contributed by atoms with Gasteiger partial charge in [-0.15, -0.1) is 0 Å². The van der Waals surface area contributed by atoms with Gasteiger partial charge in [0.1, 0.15) is 5.75 Å². The summed E-state index contributed by atoms with van der Waals surface area (Å²) < 4.78 is 6.84. The van der Waals surface area contributed by atoms with E-state index < -0.39 is 0 Å². The number of anilines is 1. The van der Waals surface area contributed by atoms with E-state index in [1.165, 1.54) is 6.21 Å². The van der Waals surface area contributed by atoms with E-state index in [1.54, 1.807) is 36.4 Å². The van der Waals surface area contributed by atoms with Crippen molar-refractivity contribution in [2.24, 2.45) is 28.8 Å². The fraction of sp³-hybridized carbons (Fsp3) is 0.250. The van der Waals surface area contributed by atoms with Crippen molar-refractivity contribution < 1.29 is 19.1 Å². The van der Waals surface area contributed by atoms with Crippen LogP contribution in [0.2, 0.25) is 5.02 Å². The molecule has 0 unspecified atom stereocenters. The van der Waals surface area contributed by atoms with Crippen molar-refractivity contribution in [1.29, 1.82) is 0 Å². The summed E-state index contributed by atoms with van der Waals surface area (Å²) in [5, 5.41) is 8.52. The molecule has 1 heterocycles. The number of hydrogen-bond donors (Lipinski definition) is 1. The highest BCUT2D eigenvalue weighted by atomic mass is 79.9. The lowest BCUT2D eigenvalue weighted by Crippen LogP contribution is -2.28. The van der Waals surface area contributed by atoms with Crippen LogP contribution in [0.5, 0.6) is 5.75 Å². The summed E-state index contributed by atoms with van der Waals surface area (Å²) in [4.78, 5) is 37.7. The number of ether oxygens (including phenoxy) is 1. The van der Waals surface area contributed by atoms with E-state index >= 15 is 0 Å². The minimum absolute atomic E-state index is 0.142. The Balaban J connectivity index is 1.23. The van der Waals surface area contributed by atoms with E-state index in [0.717, 1.165) is 11.4 Å². The van der Waals surface area contributed by atoms with E-state index in [2.05, 4.69) is 42.3 Å². The smallest absolute Gasteiger partial charge is 0.262 e. The molecular weight excluding hydrogens is 590 g/mol. The first-order valence-electron chi connectivity index (χ1n) is 10.6. The van der Waals surface area contributed by atoms with Gasteiger partial charge in [-0.2, -0.15) is 10.1 Å². The molecule has 5 rings (SSSR count). The van der Waals surface area contributed by atoms with Crippen molar-refractivity contribution in [2.45, 2.75) is 6.42 Å². The zero-order valence-corrected chi connectivity index (χ0v) is 21.5. The molecule has 2 fully saturated rings. The second kappa shape index (κ2) is 9.28. The number of imide groups is 1. The third-order valence-corrected chi connectivity index (χ3v) is 7.70. The minimum Gasteiger partial charge on any atom is -0.481 e. The normalized spacial score (nSPS) is 24.9. The Morgan fingerprint density at radius 3 is 2.26 bits per heavy atom. The van der Waals surface area contributed by atoms with Crippen molar-refractivity contribution in [3.05, 3.63) is 68.1 Å². The van der Waals surface area contributed by atoms with Crippen molar-refractivity contribution in [2.75, 3.05) is 11.9 Å². The van der Waals surface area contributed by atoms with Crippen molar-refractivity contribution >= 4 is 73.1 Å². The van der Waals surface area contributed by atoms with Crippen LogP contribution >= 0.6 is 43.5 Å². The van der Waals surface area contributed by atoms with E-state index in [-0.39, 0.29) is 48.0 Å². The number of fused-ring (bicyclic) bond motifs is 5. The second-order valence-electron chi connectivity index (χ2n) is 8.39. The number of carbonyl (C=O) groups is 3. The molecule has 7 nitrogen and oxygen atoms in total. The lowest BCUT2D eigenvalue weighted by atomic mass is 9.85. The second-order valence-corrected chi connectivity index (χ2v) is 10.5. The van der Waals surface area contributed by atoms with Crippen LogP contribution in [0.4, 0.5) is 5.69 Å². The van der Waals surface area contributed by atoms with Gasteiger partial charge in [-0.3, -0.25) is 14.4 Å². The fourth-order valence-corrected chi connectivity index (χ4v) is 6.36. The standard InChI is InChI=1S/C24H18Br2ClN3O4/c25-17-7-12(10-28-30-23(32)20-13-1-2-14(9-13)21(20)24(30)33)8-18(26)22(17)34-11-19(31)29-16-5-3-15(27)4-6-16/h1-8,10,13-14,20-21H,9,11H2,(H,29,31)/t13-,14-,20-,21+/m0/s1. The quantitative estimate of drug-likeness (QED) is 0.284. The minimum atomic E-state index is -0.327. The predicted octanol–water partition coefficient (Wildman–Crippen LogP) is 5.02. The molecule has 1 saturated heterocycles. The molecule has 2 bridgehead atoms. The molecule has 1 saturated carbocycles. The Morgan fingerprint density at radius 1 is 1.09 bits per heavy atom. The molecular formula is C24H18Br2ClN3O4. The molecule has 0 radical (unpaired) electrons. The largest absolute Gasteiger partial charge is 0.481 e. The average molecular weight is 608 g/mol. The molecule has 10 heteroatoms. The number of nitrogens with zero attached hydrogens (tertiary/aromatic N) is 2. The van der Waals surface area contributed by atoms with Crippen LogP contribution in [-0.2, 0) is 14.4 Å². The van der Waals surface area contributed by atoms with E-state index in [0.29, 0.717) is 31.0 Å². The SMILES string of the molecule is O=C(COc1c(Br)cc(C=NN2C(=O)[C@@H]3[C@H](C2=O)[C@H]2C=C[C@H]3C2)cc1Br)Nc1ccc(Cl)cc1. The summed E-state index contributed by atoms with van der Waals surface area (Å²) in [6, 6.07) is 10.2. The maximum Gasteiger partial charge on any atom is 0.262 e. The Hall–Kier alpha value is -2.49. The van der Waals surface area contributed by atoms with Crippen LogP contribution in [0.1, 0.15) is 12.0 Å². The molecule has 1 N–H and O–H groups in total. The number of halogens is 3. The van der Waals surface area contributed by atoms with Crippen molar-refractivity contribution in [3.63, 3.8) is 0 Å². The van der Waals surface area contributed by atoms with Crippen LogP contribution in [0.25, 0.3) is 0 Å². The van der Waals surface area contributed by atoms with E-state index in [1.807, 2.05) is 12.2 Å². The molecule has 34 heavy (non-hydrogen) atoms. The zero-order valence-electron chi connectivity index (χ0n) is 17.6. The number of hydrogen-bond acceptors (Lipinski definition) is 5. The fourth-order valence-electron chi connectivity index (χ4n) is 4.78. The van der Waals surface area contributed by atoms with Gasteiger partial charge in [-0.05, 0) is 92.1 Å². The number of amides is 3. The maximum absolute atomic E-state index is 12.8. The number of benzene rings is 2. The molecule has 0 spiro atoms. The van der Waals surface area contributed by atoms with Crippen LogP contribution in [0, 0.1) is 23.7 Å². The average Bonchev–Trinajstić information content (AvgIpc) is 3.47. The topological polar surface area (TPSA) is 88.1 Å². The molecule has 2 aliphatic carbocycles. The maximum atomic E-state index is 12.8. The number of allylic oxidation sites excluding steroid dienone is 2. The number of nitrogens with one attached hydrogen (secondary N) is 1. The summed E-state index contributed by atoms with van der Waals surface area (Å²) in [5.41, 5.74) is 1.26. The first-order chi connectivity index (χ1) is 16.3. The lowest BCUT2D eigenvalue weighted by Gasteiger charge is -2.13. The number of rotatable bonds is 6. The Labute approximate surface area is 217 Å². The van der Waals surface area contributed by atoms with Crippen LogP contribution in [-0.4, -0.2) is 35.6 Å². The Morgan fingerprint density at radius 2 is 1.68 bits per heavy atom. The predicted molar refractivity (Wildman–Crippen MR) is 135 cm³/mol. The van der Waals surface area contributed by atoms with Gasteiger partial charge >= 0.3 is 0 Å². The van der Waals surface area contributed by atoms with Gasteiger partial charge in [0.05, 0.1) is 27.0 Å². The first kappa shape index (κ1) is 23.3. The summed E-state index contributed by atoms with van der Waals surface area (Å²) in [7, 11) is 0. The number of hydrazone groups is 1. The monoisotopic (exact) mass is 605 g/mol. The third-order valence-electron chi connectivity index (χ3n) is 6.27. The zero-order chi connectivity index (χ0) is 24.0. The van der Waals surface area contributed by atoms with Gasteiger partial charge in [0.2, 0.25) is 0 Å². The lowest BCUT2D eigenvalue weighted by molar-refractivity contribution is -0.140. The molecule has 4 atom stereocenters. The molecule has 174 valence electrons. The molecule has 3 aliphatic rings. The van der Waals surface area contributed by atoms with Crippen molar-refractivity contribution in [1.82, 2.24) is 5.01 Å². The molecule has 3 amide bonds. The molecule has 0 aromatic heterocycles. The number of carbonyl (C=O) groups excluding carboxylic acids is 3. The highest BCUT2D eigenvalue weighted by Gasteiger charge is 2.59. The highest BCUT2D eigenvalue weighted by Crippen LogP contribution is 2.52. The Kier molecular flexibility index (Phi) is 6.35. The van der Waals surface area contributed by atoms with Crippen LogP contribution in [0.15, 0.2) is 62.6 Å². The molecule has 2 aromatic rings. The summed E-state index contributed by atoms with van der Waals surface area (Å²) in [5.74, 6) is -0.631. The highest BCUT2D eigenvalue weighted by molar-refractivity contribution is 9.11. The molecule has 2 aromatic carbocycles. The van der Waals surface area contributed by atoms with E-state index in [9.17, 15) is 14.4 Å². The van der Waals surface area contributed by atoms with Crippen LogP contribution < -0.4 is 10.1 Å². The van der Waals surface area contributed by atoms with Gasteiger partial charge in [-0.25, -0.2) is 0 Å². The molecule has 1 aliphatic heterocycles. The third kappa shape index (κ3) is 4.32. The first-order valence-corrected chi connectivity index (χ1v) is 12.6. The van der Waals surface area contributed by atoms with Crippen LogP contribution in [0.3, 0.4) is 0 Å². The summed E-state index contributed by atoms with van der Waals surface area (Å²) >= 11 is 12.7. The van der Waals surface area contributed by atoms with Gasteiger partial charge in [0.25, 0.3) is 17.7 Å². The van der Waals surface area contributed by atoms with Crippen molar-refractivity contribution in [3.8, 4) is 5.75 Å². The van der Waals surface area contributed by atoms with Gasteiger partial charge in [0.15, 0.2) is 6.61 Å².